The normalized spacial score (nSPS) is 10.7. The molecule has 3 heterocycles. The number of aromatic nitrogens is 4. The van der Waals surface area contributed by atoms with Crippen LogP contribution in [0.3, 0.4) is 0 Å². The zero-order valence-electron chi connectivity index (χ0n) is 15.7. The van der Waals surface area contributed by atoms with Gasteiger partial charge in [0.25, 0.3) is 5.91 Å². The first-order valence-electron chi connectivity index (χ1n) is 9.09. The predicted molar refractivity (Wildman–Crippen MR) is 115 cm³/mol. The number of hydrogen-bond donors (Lipinski definition) is 3. The van der Waals surface area contributed by atoms with E-state index in [4.69, 9.17) is 0 Å². The fourth-order valence-electron chi connectivity index (χ4n) is 2.70. The zero-order valence-corrected chi connectivity index (χ0v) is 16.5. The molecule has 3 aromatic heterocycles. The second-order valence-corrected chi connectivity index (χ2v) is 7.23. The molecule has 9 heteroatoms. The van der Waals surface area contributed by atoms with Gasteiger partial charge in [-0.3, -0.25) is 4.79 Å². The van der Waals surface area contributed by atoms with Crippen molar-refractivity contribution in [3.8, 4) is 0 Å². The van der Waals surface area contributed by atoms with Crippen LogP contribution in [0, 0.1) is 6.92 Å². The molecule has 0 unspecified atom stereocenters. The highest BCUT2D eigenvalue weighted by molar-refractivity contribution is 7.20. The standard InChI is InChI=1S/C20H19N7OS/c1-13-24-17(12-18(25-13)27-16-8-4-5-9-21-16)22-10-11-23-19(28)20-26-14-6-2-3-7-15(14)29-20/h2-9,12H,10-11H2,1H3,(H,23,28)(H2,21,22,24,25,27). The summed E-state index contributed by atoms with van der Waals surface area (Å²) in [6.45, 7) is 2.79. The van der Waals surface area contributed by atoms with Gasteiger partial charge >= 0.3 is 0 Å². The van der Waals surface area contributed by atoms with Crippen LogP contribution in [-0.4, -0.2) is 38.9 Å². The molecule has 4 aromatic rings. The number of hydrogen-bond acceptors (Lipinski definition) is 8. The topological polar surface area (TPSA) is 105 Å². The van der Waals surface area contributed by atoms with Crippen molar-refractivity contribution in [3.05, 3.63) is 65.6 Å². The molecule has 0 aliphatic rings. The molecule has 1 amide bonds. The zero-order chi connectivity index (χ0) is 20.1. The number of thiazole rings is 1. The SMILES string of the molecule is Cc1nc(NCCNC(=O)c2nc3ccccc3s2)cc(Nc2ccccn2)n1. The van der Waals surface area contributed by atoms with Crippen LogP contribution in [0.1, 0.15) is 15.6 Å². The Morgan fingerprint density at radius 3 is 2.62 bits per heavy atom. The van der Waals surface area contributed by atoms with Crippen molar-refractivity contribution >= 4 is 44.9 Å². The summed E-state index contributed by atoms with van der Waals surface area (Å²) in [5.41, 5.74) is 0.838. The summed E-state index contributed by atoms with van der Waals surface area (Å²) in [5, 5.41) is 9.69. The minimum Gasteiger partial charge on any atom is -0.368 e. The van der Waals surface area contributed by atoms with E-state index in [2.05, 4.69) is 35.9 Å². The van der Waals surface area contributed by atoms with Crippen LogP contribution < -0.4 is 16.0 Å². The van der Waals surface area contributed by atoms with Crippen LogP contribution in [0.15, 0.2) is 54.7 Å². The van der Waals surface area contributed by atoms with Gasteiger partial charge < -0.3 is 16.0 Å². The van der Waals surface area contributed by atoms with Gasteiger partial charge in [-0.05, 0) is 31.2 Å². The second kappa shape index (κ2) is 8.61. The third-order valence-corrected chi connectivity index (χ3v) is 5.00. The van der Waals surface area contributed by atoms with E-state index >= 15 is 0 Å². The molecule has 0 atom stereocenters. The van der Waals surface area contributed by atoms with E-state index in [1.165, 1.54) is 11.3 Å². The number of rotatable bonds is 7. The molecular formula is C20H19N7OS. The molecule has 29 heavy (non-hydrogen) atoms. The van der Waals surface area contributed by atoms with Crippen LogP contribution in [0.5, 0.6) is 0 Å². The summed E-state index contributed by atoms with van der Waals surface area (Å²) in [5.74, 6) is 2.48. The van der Waals surface area contributed by atoms with E-state index in [1.807, 2.05) is 49.4 Å². The lowest BCUT2D eigenvalue weighted by molar-refractivity contribution is 0.0955. The maximum atomic E-state index is 12.3. The highest BCUT2D eigenvalue weighted by Gasteiger charge is 2.11. The molecule has 0 radical (unpaired) electrons. The summed E-state index contributed by atoms with van der Waals surface area (Å²) in [4.78, 5) is 29.6. The van der Waals surface area contributed by atoms with E-state index in [1.54, 1.807) is 12.3 Å². The average molecular weight is 405 g/mol. The third kappa shape index (κ3) is 4.82. The molecule has 146 valence electrons. The van der Waals surface area contributed by atoms with Gasteiger partial charge in [0.15, 0.2) is 5.01 Å². The molecule has 0 spiro atoms. The number of pyridine rings is 1. The van der Waals surface area contributed by atoms with Crippen LogP contribution in [-0.2, 0) is 0 Å². The number of aryl methyl sites for hydroxylation is 1. The number of benzene rings is 1. The lowest BCUT2D eigenvalue weighted by Gasteiger charge is -2.10. The first-order valence-corrected chi connectivity index (χ1v) is 9.90. The fraction of sp³-hybridized carbons (Fsp3) is 0.150. The highest BCUT2D eigenvalue weighted by Crippen LogP contribution is 2.21. The van der Waals surface area contributed by atoms with Gasteiger partial charge in [0.2, 0.25) is 0 Å². The number of para-hydroxylation sites is 1. The summed E-state index contributed by atoms with van der Waals surface area (Å²) in [6.07, 6.45) is 1.71. The molecule has 0 saturated carbocycles. The van der Waals surface area contributed by atoms with E-state index < -0.39 is 0 Å². The number of carbonyl (C=O) groups is 1. The van der Waals surface area contributed by atoms with Crippen LogP contribution >= 0.6 is 11.3 Å². The first kappa shape index (κ1) is 18.8. The maximum Gasteiger partial charge on any atom is 0.280 e. The van der Waals surface area contributed by atoms with Crippen LogP contribution in [0.4, 0.5) is 17.5 Å². The fourth-order valence-corrected chi connectivity index (χ4v) is 3.58. The van der Waals surface area contributed by atoms with E-state index in [-0.39, 0.29) is 5.91 Å². The summed E-state index contributed by atoms with van der Waals surface area (Å²) >= 11 is 1.39. The molecule has 4 rings (SSSR count). The summed E-state index contributed by atoms with van der Waals surface area (Å²) < 4.78 is 1.00. The van der Waals surface area contributed by atoms with E-state index in [9.17, 15) is 4.79 Å². The minimum absolute atomic E-state index is 0.177. The Kier molecular flexibility index (Phi) is 5.57. The van der Waals surface area contributed by atoms with E-state index in [0.717, 1.165) is 10.2 Å². The number of carbonyl (C=O) groups excluding carboxylic acids is 1. The average Bonchev–Trinajstić information content (AvgIpc) is 3.16. The maximum absolute atomic E-state index is 12.3. The van der Waals surface area contributed by atoms with E-state index in [0.29, 0.717) is 41.4 Å². The number of nitrogens with zero attached hydrogens (tertiary/aromatic N) is 4. The molecular weight excluding hydrogens is 386 g/mol. The number of nitrogens with one attached hydrogen (secondary N) is 3. The molecule has 0 fully saturated rings. The van der Waals surface area contributed by atoms with Crippen molar-refractivity contribution in [2.24, 2.45) is 0 Å². The molecule has 1 aromatic carbocycles. The smallest absolute Gasteiger partial charge is 0.280 e. The quantitative estimate of drug-likeness (QED) is 0.405. The lowest BCUT2D eigenvalue weighted by Crippen LogP contribution is -2.28. The number of fused-ring (bicyclic) bond motifs is 1. The highest BCUT2D eigenvalue weighted by atomic mass is 32.1. The lowest BCUT2D eigenvalue weighted by atomic mass is 10.3. The Balaban J connectivity index is 1.31. The van der Waals surface area contributed by atoms with Crippen LogP contribution in [0.25, 0.3) is 10.2 Å². The van der Waals surface area contributed by atoms with Crippen molar-refractivity contribution in [3.63, 3.8) is 0 Å². The van der Waals surface area contributed by atoms with Gasteiger partial charge in [0.1, 0.15) is 23.3 Å². The van der Waals surface area contributed by atoms with Gasteiger partial charge in [0.05, 0.1) is 10.2 Å². The summed E-state index contributed by atoms with van der Waals surface area (Å²) in [7, 11) is 0. The minimum atomic E-state index is -0.177. The van der Waals surface area contributed by atoms with Crippen molar-refractivity contribution in [1.82, 2.24) is 25.3 Å². The predicted octanol–water partition coefficient (Wildman–Crippen LogP) is 3.38. The Morgan fingerprint density at radius 2 is 1.79 bits per heavy atom. The Hall–Kier alpha value is -3.59. The molecule has 0 aliphatic heterocycles. The number of anilines is 3. The third-order valence-electron chi connectivity index (χ3n) is 3.96. The molecule has 0 bridgehead atoms. The Bertz CT molecular complexity index is 1100. The van der Waals surface area contributed by atoms with Crippen molar-refractivity contribution in [1.29, 1.82) is 0 Å². The van der Waals surface area contributed by atoms with Gasteiger partial charge in [-0.15, -0.1) is 11.3 Å². The monoisotopic (exact) mass is 405 g/mol. The number of amides is 1. The van der Waals surface area contributed by atoms with Gasteiger partial charge in [-0.25, -0.2) is 19.9 Å². The molecule has 0 aliphatic carbocycles. The van der Waals surface area contributed by atoms with Gasteiger partial charge in [-0.2, -0.15) is 0 Å². The Morgan fingerprint density at radius 1 is 0.966 bits per heavy atom. The van der Waals surface area contributed by atoms with Crippen LogP contribution in [0.2, 0.25) is 0 Å². The molecule has 0 saturated heterocycles. The van der Waals surface area contributed by atoms with Crippen molar-refractivity contribution in [2.75, 3.05) is 23.7 Å². The van der Waals surface area contributed by atoms with Crippen molar-refractivity contribution < 1.29 is 4.79 Å². The Labute approximate surface area is 171 Å². The first-order chi connectivity index (χ1) is 14.2. The molecule has 8 nitrogen and oxygen atoms in total. The van der Waals surface area contributed by atoms with Gasteiger partial charge in [0, 0.05) is 25.4 Å². The molecule has 3 N–H and O–H groups in total. The van der Waals surface area contributed by atoms with Gasteiger partial charge in [-0.1, -0.05) is 18.2 Å². The summed E-state index contributed by atoms with van der Waals surface area (Å²) in [6, 6.07) is 15.1. The van der Waals surface area contributed by atoms with Crippen molar-refractivity contribution in [2.45, 2.75) is 6.92 Å². The largest absolute Gasteiger partial charge is 0.368 e. The second-order valence-electron chi connectivity index (χ2n) is 6.20.